The van der Waals surface area contributed by atoms with Crippen LogP contribution in [0, 0.1) is 0 Å². The molecule has 0 fully saturated rings. The van der Waals surface area contributed by atoms with E-state index in [1.807, 2.05) is 0 Å². The second-order valence-corrected chi connectivity index (χ2v) is 23.2. The number of hydrogen-bond acceptors (Lipinski definition) is 5. The molecule has 0 aliphatic heterocycles. The van der Waals surface area contributed by atoms with Crippen LogP contribution in [0.5, 0.6) is 0 Å². The molecule has 0 saturated carbocycles. The first-order chi connectivity index (χ1) is 36.0. The number of amides is 1. The Labute approximate surface area is 457 Å². The zero-order valence-electron chi connectivity index (χ0n) is 49.6. The predicted octanol–water partition coefficient (Wildman–Crippen LogP) is 21.2. The fourth-order valence-corrected chi connectivity index (χ4v) is 10.7. The van der Waals surface area contributed by atoms with E-state index in [9.17, 15) is 19.8 Å². The Morgan fingerprint density at radius 3 is 0.973 bits per heavy atom. The largest absolute Gasteiger partial charge is 0.466 e. The van der Waals surface area contributed by atoms with Crippen molar-refractivity contribution in [2.45, 2.75) is 392 Å². The molecule has 1 amide bonds. The van der Waals surface area contributed by atoms with Crippen LogP contribution in [-0.2, 0) is 14.3 Å². The van der Waals surface area contributed by atoms with E-state index in [1.165, 1.54) is 302 Å². The van der Waals surface area contributed by atoms with Crippen molar-refractivity contribution >= 4 is 11.9 Å². The highest BCUT2D eigenvalue weighted by Crippen LogP contribution is 2.19. The highest BCUT2D eigenvalue weighted by Gasteiger charge is 2.20. The van der Waals surface area contributed by atoms with E-state index in [0.717, 1.165) is 44.9 Å². The number of carbonyl (C=O) groups is 2. The molecule has 0 saturated heterocycles. The minimum atomic E-state index is -0.661. The normalized spacial score (nSPS) is 12.5. The van der Waals surface area contributed by atoms with Gasteiger partial charge in [-0.25, -0.2) is 0 Å². The summed E-state index contributed by atoms with van der Waals surface area (Å²) in [5, 5.41) is 23.3. The minimum absolute atomic E-state index is 0.0144. The second kappa shape index (κ2) is 63.1. The SMILES string of the molecule is CCCCCCCCC/C=C\CCCCCCCCCC(=O)OCCCCCCCCCCCCCCCCCCCCCCCCCCCC(=O)NC(CO)C(O)CCCCCCCCCCCCCCC. The fourth-order valence-electron chi connectivity index (χ4n) is 10.7. The summed E-state index contributed by atoms with van der Waals surface area (Å²) in [7, 11) is 0. The molecule has 0 aromatic rings. The molecule has 434 valence electrons. The summed E-state index contributed by atoms with van der Waals surface area (Å²) in [5.41, 5.74) is 0. The standard InChI is InChI=1S/C67H131NO5/c1-3-5-7-9-11-13-15-17-18-19-30-33-37-41-45-49-53-57-61-67(72)73-62-58-54-50-46-42-38-34-31-28-26-24-22-20-21-23-25-27-29-32-36-40-44-48-52-56-60-66(71)68-64(63-69)65(70)59-55-51-47-43-39-35-16-14-12-10-8-6-4-2/h18-19,64-65,69-70H,3-17,20-63H2,1-2H3,(H,68,71)/b19-18-. The quantitative estimate of drug-likeness (QED) is 0.0320. The number of aliphatic hydroxyl groups excluding tert-OH is 2. The van der Waals surface area contributed by atoms with Gasteiger partial charge in [-0.2, -0.15) is 0 Å². The Morgan fingerprint density at radius 2 is 0.644 bits per heavy atom. The lowest BCUT2D eigenvalue weighted by molar-refractivity contribution is -0.143. The molecule has 2 atom stereocenters. The number of carbonyl (C=O) groups excluding carboxylic acids is 2. The van der Waals surface area contributed by atoms with Gasteiger partial charge in [0.1, 0.15) is 0 Å². The molecule has 2 unspecified atom stereocenters. The molecule has 0 aliphatic rings. The molecule has 6 nitrogen and oxygen atoms in total. The van der Waals surface area contributed by atoms with Crippen LogP contribution in [0.15, 0.2) is 12.2 Å². The number of nitrogens with one attached hydrogen (secondary N) is 1. The van der Waals surface area contributed by atoms with Crippen molar-refractivity contribution in [3.8, 4) is 0 Å². The lowest BCUT2D eigenvalue weighted by Gasteiger charge is -2.22. The van der Waals surface area contributed by atoms with E-state index < -0.39 is 12.1 Å². The first-order valence-corrected chi connectivity index (χ1v) is 33.4. The van der Waals surface area contributed by atoms with Gasteiger partial charge in [0, 0.05) is 12.8 Å². The van der Waals surface area contributed by atoms with E-state index in [-0.39, 0.29) is 18.5 Å². The first kappa shape index (κ1) is 71.6. The molecule has 73 heavy (non-hydrogen) atoms. The van der Waals surface area contributed by atoms with Crippen molar-refractivity contribution in [3.05, 3.63) is 12.2 Å². The van der Waals surface area contributed by atoms with Crippen LogP contribution >= 0.6 is 0 Å². The monoisotopic (exact) mass is 1030 g/mol. The molecule has 0 spiro atoms. The van der Waals surface area contributed by atoms with Crippen LogP contribution < -0.4 is 5.32 Å². The van der Waals surface area contributed by atoms with E-state index in [4.69, 9.17) is 4.74 Å². The molecule has 0 aliphatic carbocycles. The van der Waals surface area contributed by atoms with E-state index in [0.29, 0.717) is 25.9 Å². The number of allylic oxidation sites excluding steroid dienone is 2. The van der Waals surface area contributed by atoms with Crippen LogP contribution in [0.1, 0.15) is 380 Å². The van der Waals surface area contributed by atoms with Crippen molar-refractivity contribution < 1.29 is 24.5 Å². The number of unbranched alkanes of at least 4 members (excludes halogenated alkanes) is 50. The summed E-state index contributed by atoms with van der Waals surface area (Å²) < 4.78 is 5.50. The summed E-state index contributed by atoms with van der Waals surface area (Å²) in [5.74, 6) is -0.0168. The number of esters is 1. The maximum absolute atomic E-state index is 12.5. The smallest absolute Gasteiger partial charge is 0.305 e. The third-order valence-electron chi connectivity index (χ3n) is 15.8. The Hall–Kier alpha value is -1.40. The molecular weight excluding hydrogens is 899 g/mol. The Kier molecular flexibility index (Phi) is 61.9. The zero-order chi connectivity index (χ0) is 52.9. The zero-order valence-corrected chi connectivity index (χ0v) is 49.6. The third kappa shape index (κ3) is 59.7. The number of hydrogen-bond donors (Lipinski definition) is 3. The first-order valence-electron chi connectivity index (χ1n) is 33.4. The Balaban J connectivity index is 3.33. The lowest BCUT2D eigenvalue weighted by atomic mass is 10.0. The van der Waals surface area contributed by atoms with E-state index in [1.54, 1.807) is 0 Å². The van der Waals surface area contributed by atoms with Gasteiger partial charge in [0.2, 0.25) is 5.91 Å². The van der Waals surface area contributed by atoms with Gasteiger partial charge in [-0.3, -0.25) is 9.59 Å². The molecule has 6 heteroatoms. The number of aliphatic hydroxyl groups is 2. The molecule has 0 heterocycles. The Bertz CT molecular complexity index is 1100. The minimum Gasteiger partial charge on any atom is -0.466 e. The van der Waals surface area contributed by atoms with Gasteiger partial charge in [-0.05, 0) is 51.4 Å². The van der Waals surface area contributed by atoms with Crippen LogP contribution in [0.2, 0.25) is 0 Å². The average Bonchev–Trinajstić information content (AvgIpc) is 3.39. The van der Waals surface area contributed by atoms with Gasteiger partial charge in [-0.1, -0.05) is 328 Å². The third-order valence-corrected chi connectivity index (χ3v) is 15.8. The second-order valence-electron chi connectivity index (χ2n) is 23.2. The topological polar surface area (TPSA) is 95.9 Å². The highest BCUT2D eigenvalue weighted by molar-refractivity contribution is 5.76. The van der Waals surface area contributed by atoms with E-state index >= 15 is 0 Å². The van der Waals surface area contributed by atoms with Crippen molar-refractivity contribution in [2.75, 3.05) is 13.2 Å². The molecule has 0 aromatic carbocycles. The van der Waals surface area contributed by atoms with Gasteiger partial charge < -0.3 is 20.3 Å². The number of ether oxygens (including phenoxy) is 1. The average molecular weight is 1030 g/mol. The summed E-state index contributed by atoms with van der Waals surface area (Å²) in [6.07, 6.45) is 76.7. The highest BCUT2D eigenvalue weighted by atomic mass is 16.5. The molecule has 0 radical (unpaired) electrons. The van der Waals surface area contributed by atoms with Gasteiger partial charge in [0.05, 0.1) is 25.4 Å². The van der Waals surface area contributed by atoms with Crippen LogP contribution in [0.25, 0.3) is 0 Å². The number of rotatable bonds is 63. The summed E-state index contributed by atoms with van der Waals surface area (Å²) in [6, 6.07) is -0.539. The van der Waals surface area contributed by atoms with Crippen molar-refractivity contribution in [1.29, 1.82) is 0 Å². The summed E-state index contributed by atoms with van der Waals surface area (Å²) in [6.45, 7) is 4.98. The maximum Gasteiger partial charge on any atom is 0.305 e. The summed E-state index contributed by atoms with van der Waals surface area (Å²) in [4.78, 5) is 24.6. The van der Waals surface area contributed by atoms with Crippen molar-refractivity contribution in [1.82, 2.24) is 5.32 Å². The van der Waals surface area contributed by atoms with Crippen molar-refractivity contribution in [2.24, 2.45) is 0 Å². The lowest BCUT2D eigenvalue weighted by Crippen LogP contribution is -2.45. The molecule has 0 rings (SSSR count). The molecule has 0 aromatic heterocycles. The van der Waals surface area contributed by atoms with Gasteiger partial charge in [-0.15, -0.1) is 0 Å². The van der Waals surface area contributed by atoms with Gasteiger partial charge >= 0.3 is 5.97 Å². The fraction of sp³-hybridized carbons (Fsp3) is 0.940. The van der Waals surface area contributed by atoms with Crippen LogP contribution in [0.3, 0.4) is 0 Å². The maximum atomic E-state index is 12.5. The molecule has 0 bridgehead atoms. The van der Waals surface area contributed by atoms with Crippen molar-refractivity contribution in [3.63, 3.8) is 0 Å². The molecule has 3 N–H and O–H groups in total. The van der Waals surface area contributed by atoms with Crippen LogP contribution in [-0.4, -0.2) is 47.4 Å². The van der Waals surface area contributed by atoms with E-state index in [2.05, 4.69) is 31.3 Å². The van der Waals surface area contributed by atoms with Gasteiger partial charge in [0.25, 0.3) is 0 Å². The van der Waals surface area contributed by atoms with Gasteiger partial charge in [0.15, 0.2) is 0 Å². The predicted molar refractivity (Wildman–Crippen MR) is 320 cm³/mol. The molecular formula is C67H131NO5. The summed E-state index contributed by atoms with van der Waals surface area (Å²) >= 11 is 0. The van der Waals surface area contributed by atoms with Crippen LogP contribution in [0.4, 0.5) is 0 Å². The Morgan fingerprint density at radius 1 is 0.370 bits per heavy atom.